The number of hydrogen-bond acceptors (Lipinski definition) is 3. The number of hydrogen-bond donors (Lipinski definition) is 0. The first-order chi connectivity index (χ1) is 9.10. The second kappa shape index (κ2) is 6.85. The third kappa shape index (κ3) is 4.03. The lowest BCUT2D eigenvalue weighted by Crippen LogP contribution is -2.42. The van der Waals surface area contributed by atoms with E-state index in [1.54, 1.807) is 0 Å². The van der Waals surface area contributed by atoms with Gasteiger partial charge in [0, 0.05) is 31.5 Å². The molecule has 2 aliphatic rings. The molecule has 3 atom stereocenters. The minimum absolute atomic E-state index is 0.297. The lowest BCUT2D eigenvalue weighted by molar-refractivity contribution is -0.126. The molecule has 3 heteroatoms. The maximum absolute atomic E-state index is 12.0. The number of likely N-dealkylation sites (tertiary alicyclic amines) is 1. The van der Waals surface area contributed by atoms with Crippen molar-refractivity contribution in [2.24, 2.45) is 11.8 Å². The summed E-state index contributed by atoms with van der Waals surface area (Å²) in [6.45, 7) is 9.06. The fourth-order valence-electron chi connectivity index (χ4n) is 3.83. The van der Waals surface area contributed by atoms with Gasteiger partial charge in [-0.05, 0) is 51.7 Å². The van der Waals surface area contributed by atoms with Gasteiger partial charge in [-0.25, -0.2) is 0 Å². The lowest BCUT2D eigenvalue weighted by atomic mass is 9.81. The minimum atomic E-state index is 0.297. The Morgan fingerprint density at radius 1 is 1.32 bits per heavy atom. The van der Waals surface area contributed by atoms with Gasteiger partial charge in [-0.1, -0.05) is 13.8 Å². The molecule has 2 fully saturated rings. The number of likely N-dealkylation sites (N-methyl/N-ethyl adjacent to an activating group) is 2. The van der Waals surface area contributed by atoms with E-state index in [1.165, 1.54) is 19.4 Å². The van der Waals surface area contributed by atoms with Crippen LogP contribution in [0.25, 0.3) is 0 Å². The van der Waals surface area contributed by atoms with Crippen molar-refractivity contribution in [2.45, 2.75) is 52.0 Å². The third-order valence-electron chi connectivity index (χ3n) is 4.99. The lowest BCUT2D eigenvalue weighted by Gasteiger charge is -2.32. The first kappa shape index (κ1) is 15.0. The van der Waals surface area contributed by atoms with Crippen LogP contribution in [0.2, 0.25) is 0 Å². The molecule has 1 saturated heterocycles. The molecule has 1 saturated carbocycles. The molecule has 0 aromatic carbocycles. The van der Waals surface area contributed by atoms with Crippen LogP contribution in [0.15, 0.2) is 0 Å². The molecular weight excluding hydrogens is 236 g/mol. The van der Waals surface area contributed by atoms with Crippen LogP contribution >= 0.6 is 0 Å². The van der Waals surface area contributed by atoms with Crippen LogP contribution in [-0.2, 0) is 4.79 Å². The van der Waals surface area contributed by atoms with E-state index < -0.39 is 0 Å². The van der Waals surface area contributed by atoms with Crippen LogP contribution < -0.4 is 0 Å². The molecule has 110 valence electrons. The normalized spacial score (nSPS) is 33.3. The van der Waals surface area contributed by atoms with E-state index in [4.69, 9.17) is 0 Å². The number of carbonyl (C=O) groups excluding carboxylic acids is 1. The molecule has 1 aliphatic carbocycles. The van der Waals surface area contributed by atoms with Gasteiger partial charge in [-0.15, -0.1) is 0 Å². The molecule has 3 nitrogen and oxygen atoms in total. The quantitative estimate of drug-likeness (QED) is 0.763. The van der Waals surface area contributed by atoms with Gasteiger partial charge in [0.2, 0.25) is 0 Å². The van der Waals surface area contributed by atoms with Crippen molar-refractivity contribution in [2.75, 3.05) is 33.2 Å². The zero-order valence-electron chi connectivity index (χ0n) is 12.9. The van der Waals surface area contributed by atoms with Gasteiger partial charge in [0.25, 0.3) is 0 Å². The van der Waals surface area contributed by atoms with Crippen LogP contribution in [0.5, 0.6) is 0 Å². The van der Waals surface area contributed by atoms with Crippen LogP contribution in [0.4, 0.5) is 0 Å². The number of nitrogens with zero attached hydrogens (tertiary/aromatic N) is 2. The summed E-state index contributed by atoms with van der Waals surface area (Å²) in [4.78, 5) is 17.0. The van der Waals surface area contributed by atoms with Gasteiger partial charge >= 0.3 is 0 Å². The van der Waals surface area contributed by atoms with Gasteiger partial charge in [0.1, 0.15) is 5.78 Å². The molecule has 19 heavy (non-hydrogen) atoms. The summed E-state index contributed by atoms with van der Waals surface area (Å²) in [7, 11) is 2.19. The van der Waals surface area contributed by atoms with Crippen LogP contribution in [-0.4, -0.2) is 54.9 Å². The van der Waals surface area contributed by atoms with Crippen LogP contribution in [0, 0.1) is 11.8 Å². The predicted octanol–water partition coefficient (Wildman–Crippen LogP) is 2.41. The minimum Gasteiger partial charge on any atom is -0.304 e. The van der Waals surface area contributed by atoms with E-state index in [1.807, 2.05) is 0 Å². The summed E-state index contributed by atoms with van der Waals surface area (Å²) in [5.74, 6) is 1.53. The molecule has 0 bridgehead atoms. The Morgan fingerprint density at radius 2 is 2.11 bits per heavy atom. The smallest absolute Gasteiger partial charge is 0.137 e. The second-order valence-electron chi connectivity index (χ2n) is 6.69. The number of Topliss-reactive ketones (excluding diaryl/α,β-unsaturated/α-hetero) is 1. The molecule has 3 unspecified atom stereocenters. The summed E-state index contributed by atoms with van der Waals surface area (Å²) in [6.07, 6.45) is 5.68. The summed E-state index contributed by atoms with van der Waals surface area (Å²) in [5, 5.41) is 0. The van der Waals surface area contributed by atoms with Gasteiger partial charge in [0.15, 0.2) is 0 Å². The summed E-state index contributed by atoms with van der Waals surface area (Å²) in [6, 6.07) is 0.714. The molecule has 1 heterocycles. The maximum atomic E-state index is 12.0. The summed E-state index contributed by atoms with van der Waals surface area (Å²) in [5.41, 5.74) is 0. The Morgan fingerprint density at radius 3 is 2.84 bits per heavy atom. The first-order valence-electron chi connectivity index (χ1n) is 8.05. The van der Waals surface area contributed by atoms with Crippen molar-refractivity contribution >= 4 is 5.78 Å². The van der Waals surface area contributed by atoms with E-state index in [0.29, 0.717) is 17.7 Å². The van der Waals surface area contributed by atoms with Crippen molar-refractivity contribution in [3.05, 3.63) is 0 Å². The molecule has 0 aromatic rings. The van der Waals surface area contributed by atoms with Crippen LogP contribution in [0.3, 0.4) is 0 Å². The Kier molecular flexibility index (Phi) is 5.40. The highest BCUT2D eigenvalue weighted by Gasteiger charge is 2.29. The van der Waals surface area contributed by atoms with Gasteiger partial charge < -0.3 is 4.90 Å². The van der Waals surface area contributed by atoms with E-state index >= 15 is 0 Å². The van der Waals surface area contributed by atoms with E-state index in [-0.39, 0.29) is 0 Å². The first-order valence-corrected chi connectivity index (χ1v) is 8.05. The second-order valence-corrected chi connectivity index (χ2v) is 6.69. The third-order valence-corrected chi connectivity index (χ3v) is 4.99. The summed E-state index contributed by atoms with van der Waals surface area (Å²) >= 11 is 0. The van der Waals surface area contributed by atoms with Crippen molar-refractivity contribution in [3.8, 4) is 0 Å². The van der Waals surface area contributed by atoms with Crippen LogP contribution in [0.1, 0.15) is 46.0 Å². The molecule has 0 N–H and O–H groups in total. The fourth-order valence-corrected chi connectivity index (χ4v) is 3.83. The zero-order chi connectivity index (χ0) is 13.8. The van der Waals surface area contributed by atoms with E-state index in [0.717, 1.165) is 44.8 Å². The van der Waals surface area contributed by atoms with E-state index in [9.17, 15) is 4.79 Å². The van der Waals surface area contributed by atoms with E-state index in [2.05, 4.69) is 30.7 Å². The Balaban J connectivity index is 1.80. The highest BCUT2D eigenvalue weighted by molar-refractivity contribution is 5.81. The Bertz CT molecular complexity index is 305. The molecule has 1 aliphatic heterocycles. The van der Waals surface area contributed by atoms with Crippen molar-refractivity contribution in [1.29, 1.82) is 0 Å². The number of carbonyl (C=O) groups is 1. The van der Waals surface area contributed by atoms with Gasteiger partial charge in [-0.3, -0.25) is 9.69 Å². The maximum Gasteiger partial charge on any atom is 0.137 e. The Hall–Kier alpha value is -0.410. The molecule has 0 spiro atoms. The van der Waals surface area contributed by atoms with Crippen molar-refractivity contribution in [1.82, 2.24) is 9.80 Å². The SMILES string of the molecule is CCN1CCCC1CN(C)CC1CC(C)CCC1=O. The molecule has 0 aromatic heterocycles. The standard InChI is InChI=1S/C16H30N2O/c1-4-18-9-5-6-15(18)12-17(3)11-14-10-13(2)7-8-16(14)19/h13-15H,4-12H2,1-3H3. The molecule has 0 radical (unpaired) electrons. The fraction of sp³-hybridized carbons (Fsp3) is 0.938. The highest BCUT2D eigenvalue weighted by Crippen LogP contribution is 2.27. The van der Waals surface area contributed by atoms with Crippen molar-refractivity contribution in [3.63, 3.8) is 0 Å². The largest absolute Gasteiger partial charge is 0.304 e. The molecular formula is C16H30N2O. The zero-order valence-corrected chi connectivity index (χ0v) is 12.9. The van der Waals surface area contributed by atoms with Gasteiger partial charge in [-0.2, -0.15) is 0 Å². The monoisotopic (exact) mass is 266 g/mol. The highest BCUT2D eigenvalue weighted by atomic mass is 16.1. The van der Waals surface area contributed by atoms with Gasteiger partial charge in [0.05, 0.1) is 0 Å². The topological polar surface area (TPSA) is 23.6 Å². The van der Waals surface area contributed by atoms with Crippen molar-refractivity contribution < 1.29 is 4.79 Å². The average molecular weight is 266 g/mol. The average Bonchev–Trinajstić information content (AvgIpc) is 2.81. The molecule has 0 amide bonds. The summed E-state index contributed by atoms with van der Waals surface area (Å²) < 4.78 is 0. The predicted molar refractivity (Wildman–Crippen MR) is 79.3 cm³/mol. The molecule has 2 rings (SSSR count). The number of ketones is 1. The Labute approximate surface area is 118 Å². The number of rotatable bonds is 5.